The van der Waals surface area contributed by atoms with E-state index in [-0.39, 0.29) is 17.9 Å². The predicted octanol–water partition coefficient (Wildman–Crippen LogP) is 5.14. The smallest absolute Gasteiger partial charge is 0.430 e. The summed E-state index contributed by atoms with van der Waals surface area (Å²) in [7, 11) is 0. The Bertz CT molecular complexity index is 318. The minimum Gasteiger partial charge on any atom is -0.430 e. The van der Waals surface area contributed by atoms with Crippen molar-refractivity contribution in [3.8, 4) is 0 Å². The van der Waals surface area contributed by atoms with Crippen LogP contribution >= 0.6 is 0 Å². The van der Waals surface area contributed by atoms with Gasteiger partial charge in [0.1, 0.15) is 0 Å². The Labute approximate surface area is 141 Å². The molecule has 0 saturated heterocycles. The van der Waals surface area contributed by atoms with Crippen molar-refractivity contribution in [2.24, 2.45) is 5.92 Å². The molecule has 0 fully saturated rings. The highest BCUT2D eigenvalue weighted by molar-refractivity contribution is 5.78. The first-order chi connectivity index (χ1) is 11.0. The standard InChI is InChI=1S/C18H35NO4/c1-5-7-8-9-10-11-12-13-14-16(6-2)17(20)19-23-18(21)22-15(3)4/h15-16H,5-14H2,1-4H3,(H,19,20). The van der Waals surface area contributed by atoms with Gasteiger partial charge < -0.3 is 9.57 Å². The molecule has 0 aliphatic heterocycles. The molecule has 136 valence electrons. The average molecular weight is 329 g/mol. The maximum Gasteiger partial charge on any atom is 0.533 e. The topological polar surface area (TPSA) is 64.6 Å². The van der Waals surface area contributed by atoms with E-state index in [2.05, 4.69) is 17.2 Å². The van der Waals surface area contributed by atoms with E-state index in [1.54, 1.807) is 13.8 Å². The molecule has 0 aromatic heterocycles. The van der Waals surface area contributed by atoms with Crippen LogP contribution in [-0.4, -0.2) is 18.2 Å². The van der Waals surface area contributed by atoms with Crippen LogP contribution in [0.3, 0.4) is 0 Å². The fourth-order valence-corrected chi connectivity index (χ4v) is 2.44. The first-order valence-electron chi connectivity index (χ1n) is 9.18. The van der Waals surface area contributed by atoms with Crippen molar-refractivity contribution < 1.29 is 19.2 Å². The van der Waals surface area contributed by atoms with Crippen LogP contribution in [0, 0.1) is 5.92 Å². The number of ether oxygens (including phenoxy) is 1. The van der Waals surface area contributed by atoms with Gasteiger partial charge in [-0.15, -0.1) is 0 Å². The van der Waals surface area contributed by atoms with E-state index in [0.29, 0.717) is 0 Å². The van der Waals surface area contributed by atoms with Crippen molar-refractivity contribution in [1.29, 1.82) is 0 Å². The Morgan fingerprint density at radius 2 is 1.48 bits per heavy atom. The van der Waals surface area contributed by atoms with Crippen LogP contribution in [0.15, 0.2) is 0 Å². The summed E-state index contributed by atoms with van der Waals surface area (Å²) in [5, 5.41) is 0. The highest BCUT2D eigenvalue weighted by Gasteiger charge is 2.18. The summed E-state index contributed by atoms with van der Waals surface area (Å²) in [6, 6.07) is 0. The fourth-order valence-electron chi connectivity index (χ4n) is 2.44. The van der Waals surface area contributed by atoms with Gasteiger partial charge in [-0.05, 0) is 26.7 Å². The summed E-state index contributed by atoms with van der Waals surface area (Å²) < 4.78 is 4.79. The largest absolute Gasteiger partial charge is 0.533 e. The highest BCUT2D eigenvalue weighted by Crippen LogP contribution is 2.16. The lowest BCUT2D eigenvalue weighted by Gasteiger charge is -2.14. The molecule has 1 amide bonds. The third-order valence-corrected chi connectivity index (χ3v) is 3.84. The van der Waals surface area contributed by atoms with Crippen LogP contribution in [0.1, 0.15) is 91.9 Å². The Hall–Kier alpha value is -1.26. The van der Waals surface area contributed by atoms with Crippen LogP contribution in [0.4, 0.5) is 4.79 Å². The Balaban J connectivity index is 3.74. The molecule has 0 aliphatic carbocycles. The van der Waals surface area contributed by atoms with Crippen molar-refractivity contribution in [3.05, 3.63) is 0 Å². The molecule has 0 bridgehead atoms. The molecule has 0 aromatic rings. The molecule has 0 radical (unpaired) electrons. The number of rotatable bonds is 12. The quantitative estimate of drug-likeness (QED) is 0.306. The minimum absolute atomic E-state index is 0.109. The summed E-state index contributed by atoms with van der Waals surface area (Å²) in [5.74, 6) is -0.349. The maximum atomic E-state index is 12.0. The van der Waals surface area contributed by atoms with Gasteiger partial charge in [0.25, 0.3) is 5.91 Å². The van der Waals surface area contributed by atoms with Crippen molar-refractivity contribution in [2.75, 3.05) is 0 Å². The van der Waals surface area contributed by atoms with Gasteiger partial charge in [-0.1, -0.05) is 65.2 Å². The number of hydroxylamine groups is 1. The van der Waals surface area contributed by atoms with E-state index in [0.717, 1.165) is 25.7 Å². The first-order valence-corrected chi connectivity index (χ1v) is 9.18. The molecule has 0 aromatic carbocycles. The van der Waals surface area contributed by atoms with Gasteiger partial charge in [-0.2, -0.15) is 5.48 Å². The van der Waals surface area contributed by atoms with Gasteiger partial charge in [0.05, 0.1) is 6.10 Å². The van der Waals surface area contributed by atoms with Crippen LogP contribution in [0.25, 0.3) is 0 Å². The lowest BCUT2D eigenvalue weighted by Crippen LogP contribution is -2.33. The zero-order valence-corrected chi connectivity index (χ0v) is 15.4. The Kier molecular flexibility index (Phi) is 13.6. The van der Waals surface area contributed by atoms with E-state index >= 15 is 0 Å². The minimum atomic E-state index is -0.865. The van der Waals surface area contributed by atoms with E-state index in [9.17, 15) is 9.59 Å². The van der Waals surface area contributed by atoms with Crippen molar-refractivity contribution >= 4 is 12.1 Å². The molecule has 0 saturated carbocycles. The lowest BCUT2D eigenvalue weighted by atomic mass is 9.97. The molecule has 1 unspecified atom stereocenters. The zero-order chi connectivity index (χ0) is 17.5. The van der Waals surface area contributed by atoms with Crippen LogP contribution < -0.4 is 5.48 Å². The molecule has 0 aliphatic rings. The fraction of sp³-hybridized carbons (Fsp3) is 0.889. The second-order valence-electron chi connectivity index (χ2n) is 6.35. The van der Waals surface area contributed by atoms with Crippen molar-refractivity contribution in [3.63, 3.8) is 0 Å². The van der Waals surface area contributed by atoms with E-state index in [1.807, 2.05) is 6.92 Å². The number of amides is 1. The normalized spacial score (nSPS) is 12.0. The van der Waals surface area contributed by atoms with Crippen molar-refractivity contribution in [2.45, 2.75) is 98.0 Å². The summed E-state index contributed by atoms with van der Waals surface area (Å²) >= 11 is 0. The van der Waals surface area contributed by atoms with Crippen LogP contribution in [0.5, 0.6) is 0 Å². The molecule has 0 spiro atoms. The average Bonchev–Trinajstić information content (AvgIpc) is 2.50. The lowest BCUT2D eigenvalue weighted by molar-refractivity contribution is -0.136. The van der Waals surface area contributed by atoms with Crippen LogP contribution in [0.2, 0.25) is 0 Å². The van der Waals surface area contributed by atoms with Crippen molar-refractivity contribution in [1.82, 2.24) is 5.48 Å². The monoisotopic (exact) mass is 329 g/mol. The van der Waals surface area contributed by atoms with E-state index in [4.69, 9.17) is 4.74 Å². The van der Waals surface area contributed by atoms with Gasteiger partial charge >= 0.3 is 6.16 Å². The van der Waals surface area contributed by atoms with E-state index in [1.165, 1.54) is 38.5 Å². The molecule has 5 heteroatoms. The number of carbonyl (C=O) groups excluding carboxylic acids is 2. The summed E-state index contributed by atoms with van der Waals surface area (Å²) in [6.07, 6.45) is 10.4. The highest BCUT2D eigenvalue weighted by atomic mass is 16.8. The van der Waals surface area contributed by atoms with Gasteiger partial charge in [0.2, 0.25) is 0 Å². The number of nitrogens with one attached hydrogen (secondary N) is 1. The van der Waals surface area contributed by atoms with Gasteiger partial charge in [0.15, 0.2) is 0 Å². The zero-order valence-electron chi connectivity index (χ0n) is 15.4. The molecular weight excluding hydrogens is 294 g/mol. The maximum absolute atomic E-state index is 12.0. The first kappa shape index (κ1) is 21.7. The number of carbonyl (C=O) groups is 2. The molecule has 1 atom stereocenters. The SMILES string of the molecule is CCCCCCCCCCC(CC)C(=O)NOC(=O)OC(C)C. The molecule has 1 N–H and O–H groups in total. The van der Waals surface area contributed by atoms with Gasteiger partial charge in [0, 0.05) is 5.92 Å². The predicted molar refractivity (Wildman–Crippen MR) is 91.9 cm³/mol. The summed E-state index contributed by atoms with van der Waals surface area (Å²) in [5.41, 5.74) is 2.20. The molecule has 0 rings (SSSR count). The Morgan fingerprint density at radius 3 is 2.00 bits per heavy atom. The summed E-state index contributed by atoms with van der Waals surface area (Å²) in [4.78, 5) is 27.8. The van der Waals surface area contributed by atoms with Gasteiger partial charge in [-0.25, -0.2) is 4.79 Å². The summed E-state index contributed by atoms with van der Waals surface area (Å²) in [6.45, 7) is 7.64. The molecule has 5 nitrogen and oxygen atoms in total. The second-order valence-corrected chi connectivity index (χ2v) is 6.35. The molecule has 0 heterocycles. The second kappa shape index (κ2) is 14.3. The third kappa shape index (κ3) is 12.9. The number of unbranched alkanes of at least 4 members (excludes halogenated alkanes) is 7. The van der Waals surface area contributed by atoms with Gasteiger partial charge in [-0.3, -0.25) is 4.79 Å². The molecular formula is C18H35NO4. The number of hydrogen-bond acceptors (Lipinski definition) is 4. The number of hydrogen-bond donors (Lipinski definition) is 1. The van der Waals surface area contributed by atoms with E-state index < -0.39 is 6.16 Å². The third-order valence-electron chi connectivity index (χ3n) is 3.84. The van der Waals surface area contributed by atoms with Crippen LogP contribution in [-0.2, 0) is 14.4 Å². The Morgan fingerprint density at radius 1 is 0.913 bits per heavy atom. The molecule has 23 heavy (non-hydrogen) atoms.